The summed E-state index contributed by atoms with van der Waals surface area (Å²) in [5, 5.41) is 5.53. The number of amides is 2. The fraction of sp³-hybridized carbons (Fsp3) is 0.314. The number of ether oxygens (including phenoxy) is 1. The summed E-state index contributed by atoms with van der Waals surface area (Å²) in [6.45, 7) is -0.358. The number of alkyl carbamates (subject to hydrolysis) is 1. The lowest BCUT2D eigenvalue weighted by Crippen LogP contribution is -2.52. The van der Waals surface area contributed by atoms with E-state index in [4.69, 9.17) is 9.73 Å². The number of aryl methyl sites for hydroxylation is 1. The molecule has 0 saturated carbocycles. The number of rotatable bonds is 6. The van der Waals surface area contributed by atoms with Crippen LogP contribution in [0.1, 0.15) is 47.8 Å². The number of nitrogens with zero attached hydrogens (tertiary/aromatic N) is 5. The van der Waals surface area contributed by atoms with Gasteiger partial charge in [0.05, 0.1) is 49.0 Å². The van der Waals surface area contributed by atoms with Gasteiger partial charge in [-0.2, -0.15) is 0 Å². The van der Waals surface area contributed by atoms with E-state index in [0.29, 0.717) is 48.6 Å². The zero-order chi connectivity index (χ0) is 33.0. The zero-order valence-corrected chi connectivity index (χ0v) is 26.0. The zero-order valence-electron chi connectivity index (χ0n) is 26.0. The Balaban J connectivity index is 0.974. The number of carbonyl (C=O) groups is 2. The molecule has 2 amide bonds. The first-order valence-corrected chi connectivity index (χ1v) is 15.9. The molecule has 11 nitrogen and oxygen atoms in total. The van der Waals surface area contributed by atoms with Crippen molar-refractivity contribution in [3.8, 4) is 22.6 Å². The minimum absolute atomic E-state index is 0.149. The molecule has 3 N–H and O–H groups in total. The highest BCUT2D eigenvalue weighted by molar-refractivity contribution is 6.11. The fourth-order valence-electron chi connectivity index (χ4n) is 7.05. The Labute approximate surface area is 274 Å². The van der Waals surface area contributed by atoms with Crippen LogP contribution in [0.25, 0.3) is 28.3 Å². The van der Waals surface area contributed by atoms with Gasteiger partial charge in [-0.05, 0) is 29.5 Å². The van der Waals surface area contributed by atoms with Gasteiger partial charge in [-0.25, -0.2) is 28.5 Å². The van der Waals surface area contributed by atoms with Crippen LogP contribution in [0, 0.1) is 0 Å². The molecule has 0 radical (unpaired) electrons. The number of hydrogen-bond donors (Lipinski definition) is 3. The second-order valence-electron chi connectivity index (χ2n) is 12.5. The number of benzene rings is 2. The molecule has 0 unspecified atom stereocenters. The molecule has 3 atom stereocenters. The molecule has 8 rings (SSSR count). The first kappa shape index (κ1) is 30.1. The fourth-order valence-corrected chi connectivity index (χ4v) is 7.05. The second kappa shape index (κ2) is 11.7. The predicted octanol–water partition coefficient (Wildman–Crippen LogP) is 5.02. The van der Waals surface area contributed by atoms with Crippen molar-refractivity contribution in [3.05, 3.63) is 89.6 Å². The Morgan fingerprint density at radius 2 is 1.79 bits per heavy atom. The molecule has 0 spiro atoms. The summed E-state index contributed by atoms with van der Waals surface area (Å²) < 4.78 is 32.0. The van der Waals surface area contributed by atoms with Crippen LogP contribution >= 0.6 is 0 Å². The number of nitrogens with one attached hydrogen (secondary N) is 3. The molecular formula is C35H32F2N8O3. The predicted molar refractivity (Wildman–Crippen MR) is 174 cm³/mol. The topological polar surface area (TPSA) is 137 Å². The van der Waals surface area contributed by atoms with Crippen LogP contribution < -0.4 is 15.5 Å². The molecule has 4 aliphatic rings. The molecule has 2 aromatic heterocycles. The SMILES string of the molecule is COC(=O)N[C@H]1CCc2cccc3c2N(C1=O)[C@H](C1=NC(c2ccc(-c4ncc(-c5cnc([C@@H]6CC(F)(F)CN6)[nH]5)cn4)cc2)=CC1)C3. The van der Waals surface area contributed by atoms with Gasteiger partial charge in [-0.3, -0.25) is 9.79 Å². The smallest absolute Gasteiger partial charge is 0.407 e. The van der Waals surface area contributed by atoms with Gasteiger partial charge < -0.3 is 25.3 Å². The summed E-state index contributed by atoms with van der Waals surface area (Å²) in [6.07, 6.45) is 8.58. The van der Waals surface area contributed by atoms with Crippen LogP contribution in [0.15, 0.2) is 72.1 Å². The summed E-state index contributed by atoms with van der Waals surface area (Å²) in [5.74, 6) is -1.88. The number of halogens is 2. The van der Waals surface area contributed by atoms with Crippen molar-refractivity contribution in [2.45, 2.75) is 56.2 Å². The summed E-state index contributed by atoms with van der Waals surface area (Å²) in [5.41, 5.74) is 8.01. The molecule has 0 bridgehead atoms. The van der Waals surface area contributed by atoms with Crippen LogP contribution in [0.3, 0.4) is 0 Å². The highest BCUT2D eigenvalue weighted by atomic mass is 19.3. The summed E-state index contributed by atoms with van der Waals surface area (Å²) in [4.78, 5) is 49.2. The lowest BCUT2D eigenvalue weighted by atomic mass is 9.99. The molecule has 1 fully saturated rings. The first-order chi connectivity index (χ1) is 23.3. The third kappa shape index (κ3) is 5.43. The highest BCUT2D eigenvalue weighted by Gasteiger charge is 2.44. The van der Waals surface area contributed by atoms with Crippen molar-refractivity contribution in [2.24, 2.45) is 4.99 Å². The maximum Gasteiger partial charge on any atom is 0.407 e. The summed E-state index contributed by atoms with van der Waals surface area (Å²) in [7, 11) is 1.29. The number of H-pyrrole nitrogens is 1. The van der Waals surface area contributed by atoms with Crippen molar-refractivity contribution < 1.29 is 23.1 Å². The lowest BCUT2D eigenvalue weighted by molar-refractivity contribution is -0.120. The highest BCUT2D eigenvalue weighted by Crippen LogP contribution is 2.41. The third-order valence-corrected chi connectivity index (χ3v) is 9.47. The number of methoxy groups -OCH3 is 1. The van der Waals surface area contributed by atoms with Crippen molar-refractivity contribution in [1.82, 2.24) is 30.6 Å². The molecule has 4 aliphatic heterocycles. The number of para-hydroxylation sites is 1. The van der Waals surface area contributed by atoms with Crippen LogP contribution in [0.4, 0.5) is 19.3 Å². The van der Waals surface area contributed by atoms with E-state index < -0.39 is 24.1 Å². The average Bonchev–Trinajstić information content (AvgIpc) is 3.90. The molecule has 4 aromatic rings. The van der Waals surface area contributed by atoms with Gasteiger partial charge >= 0.3 is 6.09 Å². The number of anilines is 1. The van der Waals surface area contributed by atoms with Gasteiger partial charge in [0, 0.05) is 48.5 Å². The van der Waals surface area contributed by atoms with Gasteiger partial charge in [0.2, 0.25) is 5.91 Å². The van der Waals surface area contributed by atoms with Gasteiger partial charge in [-0.15, -0.1) is 0 Å². The Morgan fingerprint density at radius 1 is 1.02 bits per heavy atom. The molecule has 244 valence electrons. The maximum absolute atomic E-state index is 13.8. The minimum Gasteiger partial charge on any atom is -0.453 e. The van der Waals surface area contributed by atoms with E-state index in [2.05, 4.69) is 48.8 Å². The monoisotopic (exact) mass is 650 g/mol. The van der Waals surface area contributed by atoms with Crippen molar-refractivity contribution in [3.63, 3.8) is 0 Å². The Morgan fingerprint density at radius 3 is 2.54 bits per heavy atom. The normalized spacial score (nSPS) is 22.6. The molecule has 13 heteroatoms. The van der Waals surface area contributed by atoms with E-state index in [1.165, 1.54) is 7.11 Å². The summed E-state index contributed by atoms with van der Waals surface area (Å²) in [6, 6.07) is 12.5. The van der Waals surface area contributed by atoms with E-state index in [1.807, 2.05) is 35.2 Å². The second-order valence-corrected chi connectivity index (χ2v) is 12.5. The van der Waals surface area contributed by atoms with E-state index in [0.717, 1.165) is 39.3 Å². The number of aliphatic imine (C=N–C) groups is 1. The van der Waals surface area contributed by atoms with Crippen molar-refractivity contribution in [2.75, 3.05) is 18.6 Å². The van der Waals surface area contributed by atoms with Gasteiger partial charge in [0.15, 0.2) is 5.82 Å². The van der Waals surface area contributed by atoms with Crippen LogP contribution in [-0.4, -0.2) is 69.3 Å². The average molecular weight is 651 g/mol. The van der Waals surface area contributed by atoms with Crippen LogP contribution in [-0.2, 0) is 22.4 Å². The van der Waals surface area contributed by atoms with Crippen molar-refractivity contribution in [1.29, 1.82) is 0 Å². The van der Waals surface area contributed by atoms with Crippen molar-refractivity contribution >= 4 is 29.1 Å². The van der Waals surface area contributed by atoms with Crippen LogP contribution in [0.2, 0.25) is 0 Å². The largest absolute Gasteiger partial charge is 0.453 e. The number of aromatic amines is 1. The number of alkyl halides is 2. The number of carbonyl (C=O) groups excluding carboxylic acids is 2. The first-order valence-electron chi connectivity index (χ1n) is 15.9. The van der Waals surface area contributed by atoms with Crippen LogP contribution in [0.5, 0.6) is 0 Å². The maximum atomic E-state index is 13.8. The Bertz CT molecular complexity index is 1970. The quantitative estimate of drug-likeness (QED) is 0.267. The van der Waals surface area contributed by atoms with Gasteiger partial charge in [0.1, 0.15) is 11.9 Å². The molecule has 0 aliphatic carbocycles. The summed E-state index contributed by atoms with van der Waals surface area (Å²) >= 11 is 0. The standard InChI is InChI=1S/C35H32F2N8O3/c1-48-34(47)44-26-10-9-20-3-2-4-22-13-29(45(30(20)22)33(26)46)25-12-11-24(42-25)19-5-7-21(8-6-19)31-38-15-23(16-39-31)28-17-40-32(43-28)27-14-35(36,37)18-41-27/h2-8,11,15-17,26-27,29,41H,9-10,12-14,18H2,1H3,(H,40,43)(H,44,47)/t26-,27-,29-/m0/s1. The van der Waals surface area contributed by atoms with E-state index in [9.17, 15) is 18.4 Å². The number of imidazole rings is 1. The van der Waals surface area contributed by atoms with Gasteiger partial charge in [-0.1, -0.05) is 48.5 Å². The van der Waals surface area contributed by atoms with E-state index in [-0.39, 0.29) is 24.9 Å². The Kier molecular flexibility index (Phi) is 7.35. The van der Waals surface area contributed by atoms with Gasteiger partial charge in [0.25, 0.3) is 5.92 Å². The van der Waals surface area contributed by atoms with E-state index >= 15 is 0 Å². The van der Waals surface area contributed by atoms with E-state index in [1.54, 1.807) is 18.6 Å². The molecule has 6 heterocycles. The molecule has 2 aromatic carbocycles. The lowest BCUT2D eigenvalue weighted by Gasteiger charge is -2.28. The molecule has 1 saturated heterocycles. The minimum atomic E-state index is -2.74. The number of aromatic nitrogens is 4. The number of hydrogen-bond acceptors (Lipinski definition) is 8. The number of allylic oxidation sites excluding steroid dienone is 1. The third-order valence-electron chi connectivity index (χ3n) is 9.47. The molecule has 48 heavy (non-hydrogen) atoms. The molecular weight excluding hydrogens is 618 g/mol. The Hall–Kier alpha value is -5.30.